The number of benzene rings is 1. The molecule has 0 spiro atoms. The molecule has 1 aromatic carbocycles. The quantitative estimate of drug-likeness (QED) is 0.614. The molecule has 0 saturated heterocycles. The number of halogens is 1. The van der Waals surface area contributed by atoms with E-state index in [0.29, 0.717) is 19.4 Å². The smallest absolute Gasteiger partial charge is 0.328 e. The Hall–Kier alpha value is -1.36. The van der Waals surface area contributed by atoms with Crippen LogP contribution in [-0.4, -0.2) is 30.4 Å². The van der Waals surface area contributed by atoms with Crippen LogP contribution in [-0.2, 0) is 27.3 Å². The van der Waals surface area contributed by atoms with Crippen LogP contribution in [0.2, 0.25) is 0 Å². The van der Waals surface area contributed by atoms with Gasteiger partial charge in [0.05, 0.1) is 7.11 Å². The molecule has 1 atom stereocenters. The Kier molecular flexibility index (Phi) is 3.47. The van der Waals surface area contributed by atoms with Gasteiger partial charge >= 0.3 is 5.97 Å². The average molecular weight is 298 g/mol. The fourth-order valence-electron chi connectivity index (χ4n) is 2.06. The Labute approximate surface area is 108 Å². The molecule has 90 valence electrons. The lowest BCUT2D eigenvalue weighted by Gasteiger charge is -2.32. The van der Waals surface area contributed by atoms with Crippen molar-refractivity contribution in [3.63, 3.8) is 0 Å². The van der Waals surface area contributed by atoms with Crippen LogP contribution < -0.4 is 0 Å². The van der Waals surface area contributed by atoms with Crippen molar-refractivity contribution in [1.29, 1.82) is 0 Å². The second kappa shape index (κ2) is 4.87. The summed E-state index contributed by atoms with van der Waals surface area (Å²) in [7, 11) is 1.33. The van der Waals surface area contributed by atoms with Crippen LogP contribution in [0.15, 0.2) is 22.7 Å². The van der Waals surface area contributed by atoms with Crippen molar-refractivity contribution in [1.82, 2.24) is 4.90 Å². The zero-order valence-electron chi connectivity index (χ0n) is 9.35. The fourth-order valence-corrected chi connectivity index (χ4v) is 2.63. The number of nitrogens with zero attached hydrogens (tertiary/aromatic N) is 1. The van der Waals surface area contributed by atoms with Crippen LogP contribution in [0.25, 0.3) is 0 Å². The van der Waals surface area contributed by atoms with Gasteiger partial charge in [-0.1, -0.05) is 28.1 Å². The average Bonchev–Trinajstić information content (AvgIpc) is 2.37. The second-order valence-corrected chi connectivity index (χ2v) is 4.75. The van der Waals surface area contributed by atoms with Crippen molar-refractivity contribution in [3.05, 3.63) is 33.8 Å². The van der Waals surface area contributed by atoms with Crippen molar-refractivity contribution in [2.45, 2.75) is 19.0 Å². The van der Waals surface area contributed by atoms with E-state index in [2.05, 4.69) is 15.9 Å². The first-order chi connectivity index (χ1) is 8.17. The Balaban J connectivity index is 2.37. The van der Waals surface area contributed by atoms with E-state index in [1.807, 2.05) is 18.2 Å². The fraction of sp³-hybridized carbons (Fsp3) is 0.333. The van der Waals surface area contributed by atoms with Gasteiger partial charge in [-0.3, -0.25) is 4.79 Å². The third-order valence-corrected chi connectivity index (χ3v) is 3.72. The highest BCUT2D eigenvalue weighted by Crippen LogP contribution is 2.29. The Bertz CT molecular complexity index is 461. The minimum Gasteiger partial charge on any atom is -0.467 e. The molecule has 1 aliphatic rings. The number of carbonyl (C=O) groups is 2. The minimum absolute atomic E-state index is 0.376. The van der Waals surface area contributed by atoms with Crippen molar-refractivity contribution in [2.75, 3.05) is 7.11 Å². The standard InChI is InChI=1S/C12H12BrNO3/c1-17-12(16)11-5-9-8(6-14(11)7-15)3-2-4-10(9)13/h2-4,7,11H,5-6H2,1H3. The van der Waals surface area contributed by atoms with Gasteiger partial charge in [-0.2, -0.15) is 0 Å². The molecular weight excluding hydrogens is 286 g/mol. The van der Waals surface area contributed by atoms with Gasteiger partial charge in [0.1, 0.15) is 6.04 Å². The summed E-state index contributed by atoms with van der Waals surface area (Å²) >= 11 is 3.46. The van der Waals surface area contributed by atoms with E-state index >= 15 is 0 Å². The van der Waals surface area contributed by atoms with Gasteiger partial charge < -0.3 is 9.64 Å². The summed E-state index contributed by atoms with van der Waals surface area (Å²) < 4.78 is 5.69. The number of hydrogen-bond donors (Lipinski definition) is 0. The molecule has 2 rings (SSSR count). The highest BCUT2D eigenvalue weighted by atomic mass is 79.9. The molecule has 17 heavy (non-hydrogen) atoms. The topological polar surface area (TPSA) is 46.6 Å². The van der Waals surface area contributed by atoms with E-state index in [0.717, 1.165) is 15.6 Å². The number of methoxy groups -OCH3 is 1. The lowest BCUT2D eigenvalue weighted by molar-refractivity contribution is -0.150. The molecule has 1 aromatic rings. The second-order valence-electron chi connectivity index (χ2n) is 3.90. The van der Waals surface area contributed by atoms with Crippen LogP contribution in [0.3, 0.4) is 0 Å². The Morgan fingerprint density at radius 2 is 2.35 bits per heavy atom. The summed E-state index contributed by atoms with van der Waals surface area (Å²) in [5, 5.41) is 0. The number of esters is 1. The zero-order chi connectivity index (χ0) is 12.4. The monoisotopic (exact) mass is 297 g/mol. The van der Waals surface area contributed by atoms with Gasteiger partial charge in [-0.05, 0) is 17.2 Å². The summed E-state index contributed by atoms with van der Waals surface area (Å²) in [6, 6.07) is 5.29. The molecule has 1 heterocycles. The van der Waals surface area contributed by atoms with Gasteiger partial charge in [0.25, 0.3) is 0 Å². The molecule has 0 bridgehead atoms. The molecule has 1 aliphatic heterocycles. The van der Waals surface area contributed by atoms with Crippen LogP contribution in [0.1, 0.15) is 11.1 Å². The maximum absolute atomic E-state index is 11.6. The van der Waals surface area contributed by atoms with E-state index in [-0.39, 0.29) is 5.97 Å². The summed E-state index contributed by atoms with van der Waals surface area (Å²) in [6.45, 7) is 0.442. The molecule has 0 aromatic heterocycles. The van der Waals surface area contributed by atoms with E-state index < -0.39 is 6.04 Å². The van der Waals surface area contributed by atoms with E-state index in [1.54, 1.807) is 0 Å². The maximum Gasteiger partial charge on any atom is 0.328 e. The lowest BCUT2D eigenvalue weighted by Crippen LogP contribution is -2.45. The maximum atomic E-state index is 11.6. The summed E-state index contributed by atoms with van der Waals surface area (Å²) in [4.78, 5) is 24.1. The number of fused-ring (bicyclic) bond motifs is 1. The number of amides is 1. The number of carbonyl (C=O) groups excluding carboxylic acids is 2. The van der Waals surface area contributed by atoms with Crippen LogP contribution in [0.4, 0.5) is 0 Å². The summed E-state index contributed by atoms with van der Waals surface area (Å²) in [5.74, 6) is -0.376. The SMILES string of the molecule is COC(=O)C1Cc2c(Br)cccc2CN1C=O. The van der Waals surface area contributed by atoms with Gasteiger partial charge in [-0.15, -0.1) is 0 Å². The van der Waals surface area contributed by atoms with E-state index in [1.165, 1.54) is 12.0 Å². The van der Waals surface area contributed by atoms with Crippen molar-refractivity contribution in [2.24, 2.45) is 0 Å². The van der Waals surface area contributed by atoms with E-state index in [4.69, 9.17) is 4.74 Å². The van der Waals surface area contributed by atoms with Gasteiger partial charge in [0.15, 0.2) is 0 Å². The summed E-state index contributed by atoms with van der Waals surface area (Å²) in [5.41, 5.74) is 2.13. The zero-order valence-corrected chi connectivity index (χ0v) is 10.9. The molecule has 0 saturated carbocycles. The molecule has 1 unspecified atom stereocenters. The molecule has 4 nitrogen and oxygen atoms in total. The largest absolute Gasteiger partial charge is 0.467 e. The van der Waals surface area contributed by atoms with Gasteiger partial charge in [-0.25, -0.2) is 4.79 Å². The Morgan fingerprint density at radius 1 is 1.59 bits per heavy atom. The van der Waals surface area contributed by atoms with Crippen LogP contribution in [0.5, 0.6) is 0 Å². The van der Waals surface area contributed by atoms with Gasteiger partial charge in [0, 0.05) is 17.4 Å². The van der Waals surface area contributed by atoms with Gasteiger partial charge in [0.2, 0.25) is 6.41 Å². The molecule has 5 heteroatoms. The highest BCUT2D eigenvalue weighted by Gasteiger charge is 2.32. The Morgan fingerprint density at radius 3 is 3.00 bits per heavy atom. The van der Waals surface area contributed by atoms with Crippen molar-refractivity contribution >= 4 is 28.3 Å². The first kappa shape index (κ1) is 12.1. The first-order valence-corrected chi connectivity index (χ1v) is 6.01. The number of rotatable bonds is 2. The molecule has 1 amide bonds. The van der Waals surface area contributed by atoms with Crippen LogP contribution in [0, 0.1) is 0 Å². The highest BCUT2D eigenvalue weighted by molar-refractivity contribution is 9.10. The minimum atomic E-state index is -0.524. The number of ether oxygens (including phenoxy) is 1. The lowest BCUT2D eigenvalue weighted by atomic mass is 9.94. The normalized spacial score (nSPS) is 18.5. The number of hydrogen-bond acceptors (Lipinski definition) is 3. The molecule has 0 N–H and O–H groups in total. The predicted molar refractivity (Wildman–Crippen MR) is 65.3 cm³/mol. The molecule has 0 radical (unpaired) electrons. The summed E-state index contributed by atoms with van der Waals surface area (Å²) in [6.07, 6.45) is 1.19. The van der Waals surface area contributed by atoms with Crippen molar-refractivity contribution in [3.8, 4) is 0 Å². The van der Waals surface area contributed by atoms with Crippen LogP contribution >= 0.6 is 15.9 Å². The van der Waals surface area contributed by atoms with E-state index in [9.17, 15) is 9.59 Å². The molecular formula is C12H12BrNO3. The predicted octanol–water partition coefficient (Wildman–Crippen LogP) is 1.51. The third-order valence-electron chi connectivity index (χ3n) is 2.98. The third kappa shape index (κ3) is 2.20. The molecule has 0 fully saturated rings. The molecule has 0 aliphatic carbocycles. The van der Waals surface area contributed by atoms with Crippen molar-refractivity contribution < 1.29 is 14.3 Å². The first-order valence-electron chi connectivity index (χ1n) is 5.22.